The zero-order chi connectivity index (χ0) is 26.5. The molecule has 0 aromatic carbocycles. The first-order chi connectivity index (χ1) is 17.7. The van der Waals surface area contributed by atoms with Crippen LogP contribution in [-0.4, -0.2) is 34.9 Å². The van der Waals surface area contributed by atoms with E-state index in [4.69, 9.17) is 0 Å². The van der Waals surface area contributed by atoms with Crippen LogP contribution in [0.1, 0.15) is 129 Å². The predicted molar refractivity (Wildman–Crippen MR) is 156 cm³/mol. The lowest BCUT2D eigenvalue weighted by Gasteiger charge is -2.19. The Morgan fingerprint density at radius 2 is 1.11 bits per heavy atom. The number of aliphatic hydroxyl groups excluding tert-OH is 2. The van der Waals surface area contributed by atoms with E-state index in [0.717, 1.165) is 51.4 Å². The van der Waals surface area contributed by atoms with Crippen LogP contribution < -0.4 is 5.32 Å². The summed E-state index contributed by atoms with van der Waals surface area (Å²) in [6.07, 6.45) is 36.0. The summed E-state index contributed by atoms with van der Waals surface area (Å²) in [7, 11) is 0. The molecule has 0 aromatic rings. The molecule has 36 heavy (non-hydrogen) atoms. The lowest BCUT2D eigenvalue weighted by molar-refractivity contribution is -0.123. The van der Waals surface area contributed by atoms with E-state index in [1.165, 1.54) is 57.8 Å². The Kier molecular flexibility index (Phi) is 26.6. The van der Waals surface area contributed by atoms with Gasteiger partial charge in [-0.2, -0.15) is 0 Å². The fraction of sp³-hybridized carbons (Fsp3) is 0.719. The molecule has 0 radical (unpaired) electrons. The minimum atomic E-state index is -0.869. The van der Waals surface area contributed by atoms with Crippen LogP contribution >= 0.6 is 0 Å². The number of carbonyl (C=O) groups excluding carboxylic acids is 1. The third kappa shape index (κ3) is 24.1. The Balaban J connectivity index is 3.81. The Labute approximate surface area is 223 Å². The van der Waals surface area contributed by atoms with Crippen LogP contribution in [0.3, 0.4) is 0 Å². The Bertz CT molecular complexity index is 594. The lowest BCUT2D eigenvalue weighted by Crippen LogP contribution is -2.45. The largest absolute Gasteiger partial charge is 0.394 e. The molecule has 0 heterocycles. The van der Waals surface area contributed by atoms with Gasteiger partial charge in [-0.15, -0.1) is 0 Å². The molecule has 1 amide bonds. The van der Waals surface area contributed by atoms with E-state index >= 15 is 0 Å². The van der Waals surface area contributed by atoms with Gasteiger partial charge in [0.15, 0.2) is 0 Å². The van der Waals surface area contributed by atoms with E-state index in [1.54, 1.807) is 6.08 Å². The van der Waals surface area contributed by atoms with Gasteiger partial charge in [0.2, 0.25) is 5.91 Å². The summed E-state index contributed by atoms with van der Waals surface area (Å²) in [6.45, 7) is 4.18. The second-order valence-corrected chi connectivity index (χ2v) is 9.79. The van der Waals surface area contributed by atoms with E-state index in [2.05, 4.69) is 55.6 Å². The standard InChI is InChI=1S/C32H57NO3/c1-3-5-7-9-11-13-15-17-19-21-23-25-27-31(35)30(29-34)33-32(36)28-26-24-22-20-18-16-14-12-10-8-6-4-2/h9,11-12,14,17,19,25,27,30-31,34-35H,3-8,10,13,15-16,18,20-24,26,28-29H2,1-2H3,(H,33,36)/b11-9+,14-12-,19-17+,27-25+. The number of amides is 1. The highest BCUT2D eigenvalue weighted by Crippen LogP contribution is 2.09. The number of rotatable bonds is 25. The van der Waals surface area contributed by atoms with Gasteiger partial charge in [0, 0.05) is 6.42 Å². The smallest absolute Gasteiger partial charge is 0.220 e. The van der Waals surface area contributed by atoms with Gasteiger partial charge in [0.25, 0.3) is 0 Å². The zero-order valence-electron chi connectivity index (χ0n) is 23.5. The van der Waals surface area contributed by atoms with Crippen LogP contribution in [0.15, 0.2) is 48.6 Å². The molecule has 2 atom stereocenters. The van der Waals surface area contributed by atoms with Gasteiger partial charge >= 0.3 is 0 Å². The molecular weight excluding hydrogens is 446 g/mol. The van der Waals surface area contributed by atoms with Crippen LogP contribution in [0.2, 0.25) is 0 Å². The summed E-state index contributed by atoms with van der Waals surface area (Å²) in [5.74, 6) is -0.0943. The van der Waals surface area contributed by atoms with Crippen molar-refractivity contribution in [2.24, 2.45) is 0 Å². The fourth-order valence-electron chi connectivity index (χ4n) is 3.89. The molecule has 0 aliphatic heterocycles. The van der Waals surface area contributed by atoms with Crippen molar-refractivity contribution in [3.63, 3.8) is 0 Å². The van der Waals surface area contributed by atoms with Gasteiger partial charge in [-0.1, -0.05) is 107 Å². The highest BCUT2D eigenvalue weighted by Gasteiger charge is 2.17. The van der Waals surface area contributed by atoms with Gasteiger partial charge < -0.3 is 15.5 Å². The molecular formula is C32H57NO3. The Morgan fingerprint density at radius 1 is 0.639 bits per heavy atom. The number of unbranched alkanes of at least 4 members (excludes halogenated alkanes) is 12. The first-order valence-corrected chi connectivity index (χ1v) is 14.9. The van der Waals surface area contributed by atoms with E-state index in [1.807, 2.05) is 6.08 Å². The predicted octanol–water partition coefficient (Wildman–Crippen LogP) is 8.11. The highest BCUT2D eigenvalue weighted by molar-refractivity contribution is 5.76. The molecule has 0 fully saturated rings. The lowest BCUT2D eigenvalue weighted by atomic mass is 10.1. The molecule has 208 valence electrons. The molecule has 0 saturated heterocycles. The molecule has 0 spiro atoms. The first kappa shape index (κ1) is 34.4. The van der Waals surface area contributed by atoms with Gasteiger partial charge in [-0.3, -0.25) is 4.79 Å². The number of nitrogens with one attached hydrogen (secondary N) is 1. The maximum Gasteiger partial charge on any atom is 0.220 e. The normalized spacial score (nSPS) is 14.0. The molecule has 4 heteroatoms. The van der Waals surface area contributed by atoms with E-state index in [-0.39, 0.29) is 12.5 Å². The molecule has 4 nitrogen and oxygen atoms in total. The van der Waals surface area contributed by atoms with Crippen LogP contribution in [0, 0.1) is 0 Å². The average Bonchev–Trinajstić information content (AvgIpc) is 2.88. The van der Waals surface area contributed by atoms with Crippen LogP contribution in [0.4, 0.5) is 0 Å². The van der Waals surface area contributed by atoms with E-state index < -0.39 is 12.1 Å². The fourth-order valence-corrected chi connectivity index (χ4v) is 3.89. The molecule has 3 N–H and O–H groups in total. The summed E-state index contributed by atoms with van der Waals surface area (Å²) in [5.41, 5.74) is 0. The summed E-state index contributed by atoms with van der Waals surface area (Å²) in [4.78, 5) is 12.2. The van der Waals surface area contributed by atoms with Crippen molar-refractivity contribution in [2.45, 2.75) is 142 Å². The summed E-state index contributed by atoms with van der Waals surface area (Å²) >= 11 is 0. The quantitative estimate of drug-likeness (QED) is 0.0870. The molecule has 0 bridgehead atoms. The van der Waals surface area contributed by atoms with Gasteiger partial charge in [-0.25, -0.2) is 0 Å². The van der Waals surface area contributed by atoms with E-state index in [9.17, 15) is 15.0 Å². The minimum absolute atomic E-state index is 0.0943. The summed E-state index contributed by atoms with van der Waals surface area (Å²) < 4.78 is 0. The second-order valence-electron chi connectivity index (χ2n) is 9.79. The Morgan fingerprint density at radius 3 is 1.69 bits per heavy atom. The maximum atomic E-state index is 12.2. The third-order valence-corrected chi connectivity index (χ3v) is 6.26. The molecule has 0 aliphatic carbocycles. The van der Waals surface area contributed by atoms with Crippen LogP contribution in [-0.2, 0) is 4.79 Å². The zero-order valence-corrected chi connectivity index (χ0v) is 23.5. The third-order valence-electron chi connectivity index (χ3n) is 6.26. The van der Waals surface area contributed by atoms with Gasteiger partial charge in [0.05, 0.1) is 18.8 Å². The minimum Gasteiger partial charge on any atom is -0.394 e. The molecule has 0 rings (SSSR count). The molecule has 0 aliphatic rings. The number of hydrogen-bond acceptors (Lipinski definition) is 3. The van der Waals surface area contributed by atoms with Crippen molar-refractivity contribution < 1.29 is 15.0 Å². The molecule has 0 aromatic heterocycles. The molecule has 2 unspecified atom stereocenters. The monoisotopic (exact) mass is 503 g/mol. The van der Waals surface area contributed by atoms with Gasteiger partial charge in [0.1, 0.15) is 0 Å². The number of allylic oxidation sites excluding steroid dienone is 7. The number of aliphatic hydroxyl groups is 2. The van der Waals surface area contributed by atoms with Crippen molar-refractivity contribution in [3.8, 4) is 0 Å². The Hall–Kier alpha value is -1.65. The number of hydrogen-bond donors (Lipinski definition) is 3. The van der Waals surface area contributed by atoms with Crippen molar-refractivity contribution in [1.29, 1.82) is 0 Å². The summed E-state index contributed by atoms with van der Waals surface area (Å²) in [6, 6.07) is -0.645. The number of carbonyl (C=O) groups is 1. The van der Waals surface area contributed by atoms with Crippen molar-refractivity contribution >= 4 is 5.91 Å². The first-order valence-electron chi connectivity index (χ1n) is 14.9. The highest BCUT2D eigenvalue weighted by atomic mass is 16.3. The SMILES string of the molecule is CCCC/C=C/CC/C=C/CC/C=C/C(O)C(CO)NC(=O)CCCCCCC/C=C\CCCCC. The second kappa shape index (κ2) is 27.9. The molecule has 0 saturated carbocycles. The topological polar surface area (TPSA) is 69.6 Å². The van der Waals surface area contributed by atoms with Crippen molar-refractivity contribution in [1.82, 2.24) is 5.32 Å². The van der Waals surface area contributed by atoms with Crippen LogP contribution in [0.5, 0.6) is 0 Å². The average molecular weight is 504 g/mol. The van der Waals surface area contributed by atoms with Crippen molar-refractivity contribution in [2.75, 3.05) is 6.61 Å². The van der Waals surface area contributed by atoms with Crippen LogP contribution in [0.25, 0.3) is 0 Å². The maximum absolute atomic E-state index is 12.2. The summed E-state index contributed by atoms with van der Waals surface area (Å²) in [5, 5.41) is 22.7. The van der Waals surface area contributed by atoms with Gasteiger partial charge in [-0.05, 0) is 64.2 Å². The van der Waals surface area contributed by atoms with Crippen molar-refractivity contribution in [3.05, 3.63) is 48.6 Å². The van der Waals surface area contributed by atoms with E-state index in [0.29, 0.717) is 6.42 Å².